The molecule has 3 heterocycles. The van der Waals surface area contributed by atoms with Gasteiger partial charge in [-0.05, 0) is 31.9 Å². The molecule has 1 fully saturated rings. The van der Waals surface area contributed by atoms with E-state index >= 15 is 4.39 Å². The third-order valence-corrected chi connectivity index (χ3v) is 6.03. The quantitative estimate of drug-likeness (QED) is 0.547. The Labute approximate surface area is 184 Å². The lowest BCUT2D eigenvalue weighted by Crippen LogP contribution is -2.46. The Bertz CT molecular complexity index is 1170. The molecule has 174 valence electrons. The van der Waals surface area contributed by atoms with Crippen LogP contribution in [0.15, 0.2) is 29.3 Å². The molecule has 0 N–H and O–H groups in total. The van der Waals surface area contributed by atoms with Crippen LogP contribution in [0, 0.1) is 11.7 Å². The minimum atomic E-state index is -4.81. The van der Waals surface area contributed by atoms with Gasteiger partial charge in [0.05, 0.1) is 12.6 Å². The van der Waals surface area contributed by atoms with Gasteiger partial charge in [-0.3, -0.25) is 4.79 Å². The van der Waals surface area contributed by atoms with Gasteiger partial charge in [-0.2, -0.15) is 18.2 Å². The normalized spacial score (nSPS) is 22.8. The third kappa shape index (κ3) is 3.91. The first-order valence-corrected chi connectivity index (χ1v) is 10.2. The number of carbonyl (C=O) groups excluding carboxylic acids is 1. The standard InChI is InChI=1S/C20H18F4N6O3/c1-10-7-32-16-5-11(17-27-19(33-28-17)20(22,23)24)4-15(21)14(16)6-30(10)18(31)12-2-13(3-12)29-8-25-26-9-29/h4-5,8-10,12-13H,2-3,6-7H2,1H3/t10-,12-,13-/m0/s1. The van der Waals surface area contributed by atoms with E-state index in [1.54, 1.807) is 24.5 Å². The lowest BCUT2D eigenvalue weighted by molar-refractivity contribution is -0.159. The Morgan fingerprint density at radius 2 is 1.91 bits per heavy atom. The van der Waals surface area contributed by atoms with Crippen LogP contribution in [0.3, 0.4) is 0 Å². The number of hydrogen-bond acceptors (Lipinski definition) is 7. The zero-order valence-electron chi connectivity index (χ0n) is 17.3. The first kappa shape index (κ1) is 21.3. The summed E-state index contributed by atoms with van der Waals surface area (Å²) in [6.45, 7) is 1.88. The van der Waals surface area contributed by atoms with E-state index in [9.17, 15) is 18.0 Å². The molecule has 1 atom stereocenters. The molecule has 5 rings (SSSR count). The van der Waals surface area contributed by atoms with Crippen molar-refractivity contribution in [1.82, 2.24) is 29.8 Å². The van der Waals surface area contributed by atoms with Crippen molar-refractivity contribution in [3.8, 4) is 17.1 Å². The Balaban J connectivity index is 1.36. The van der Waals surface area contributed by atoms with Crippen molar-refractivity contribution in [2.45, 2.75) is 44.6 Å². The van der Waals surface area contributed by atoms with E-state index in [0.717, 1.165) is 6.07 Å². The Morgan fingerprint density at radius 1 is 1.18 bits per heavy atom. The topological polar surface area (TPSA) is 99.2 Å². The smallest absolute Gasteiger partial charge is 0.471 e. The maximum atomic E-state index is 15.0. The van der Waals surface area contributed by atoms with Gasteiger partial charge >= 0.3 is 12.1 Å². The number of benzene rings is 1. The van der Waals surface area contributed by atoms with Crippen LogP contribution in [-0.2, 0) is 17.5 Å². The summed E-state index contributed by atoms with van der Waals surface area (Å²) in [6.07, 6.45) is -0.322. The van der Waals surface area contributed by atoms with E-state index in [2.05, 4.69) is 24.9 Å². The number of halogens is 4. The Morgan fingerprint density at radius 3 is 2.58 bits per heavy atom. The van der Waals surface area contributed by atoms with Crippen LogP contribution in [0.1, 0.15) is 37.3 Å². The summed E-state index contributed by atoms with van der Waals surface area (Å²) in [5, 5.41) is 10.8. The number of amides is 1. The summed E-state index contributed by atoms with van der Waals surface area (Å²) in [4.78, 5) is 18.0. The van der Waals surface area contributed by atoms with Crippen LogP contribution in [0.2, 0.25) is 0 Å². The zero-order valence-corrected chi connectivity index (χ0v) is 17.3. The van der Waals surface area contributed by atoms with Crippen LogP contribution in [-0.4, -0.2) is 48.4 Å². The second kappa shape index (κ2) is 7.81. The van der Waals surface area contributed by atoms with Crippen molar-refractivity contribution in [2.24, 2.45) is 5.92 Å². The molecule has 13 heteroatoms. The molecule has 1 aliphatic carbocycles. The molecule has 0 unspecified atom stereocenters. The molecule has 0 radical (unpaired) electrons. The SMILES string of the molecule is C[C@H]1COc2cc(-c3noc(C(F)(F)F)n3)cc(F)c2CN1C(=O)[C@H]1C[C@H](n2cnnc2)C1. The van der Waals surface area contributed by atoms with Gasteiger partial charge in [0.2, 0.25) is 11.7 Å². The summed E-state index contributed by atoms with van der Waals surface area (Å²) >= 11 is 0. The number of carbonyl (C=O) groups is 1. The molecule has 0 spiro atoms. The molecular formula is C20H18F4N6O3. The van der Waals surface area contributed by atoms with Gasteiger partial charge in [0.25, 0.3) is 0 Å². The van der Waals surface area contributed by atoms with Gasteiger partial charge in [-0.1, -0.05) is 5.16 Å². The number of alkyl halides is 3. The summed E-state index contributed by atoms with van der Waals surface area (Å²) in [5.41, 5.74) is 0.124. The van der Waals surface area contributed by atoms with Crippen molar-refractivity contribution >= 4 is 5.91 Å². The fourth-order valence-corrected chi connectivity index (χ4v) is 4.06. The highest BCUT2D eigenvalue weighted by atomic mass is 19.4. The molecule has 3 aromatic rings. The van der Waals surface area contributed by atoms with Crippen LogP contribution in [0.4, 0.5) is 17.6 Å². The predicted molar refractivity (Wildman–Crippen MR) is 102 cm³/mol. The second-order valence-electron chi connectivity index (χ2n) is 8.21. The van der Waals surface area contributed by atoms with Gasteiger partial charge in [0, 0.05) is 23.1 Å². The van der Waals surface area contributed by atoms with Crippen molar-refractivity contribution in [3.63, 3.8) is 0 Å². The van der Waals surface area contributed by atoms with Crippen molar-refractivity contribution < 1.29 is 31.6 Å². The number of rotatable bonds is 3. The molecule has 0 bridgehead atoms. The van der Waals surface area contributed by atoms with Crippen LogP contribution in [0.5, 0.6) is 5.75 Å². The molecule has 33 heavy (non-hydrogen) atoms. The molecule has 1 saturated carbocycles. The van der Waals surface area contributed by atoms with E-state index in [-0.39, 0.29) is 53.9 Å². The van der Waals surface area contributed by atoms with E-state index in [1.807, 2.05) is 4.57 Å². The van der Waals surface area contributed by atoms with Gasteiger partial charge in [-0.15, -0.1) is 10.2 Å². The molecule has 1 aliphatic heterocycles. The van der Waals surface area contributed by atoms with Crippen LogP contribution in [0.25, 0.3) is 11.4 Å². The number of nitrogens with zero attached hydrogens (tertiary/aromatic N) is 6. The molecule has 1 amide bonds. The second-order valence-corrected chi connectivity index (χ2v) is 8.21. The van der Waals surface area contributed by atoms with E-state index in [0.29, 0.717) is 12.8 Å². The predicted octanol–water partition coefficient (Wildman–Crippen LogP) is 3.25. The van der Waals surface area contributed by atoms with E-state index < -0.39 is 23.7 Å². The van der Waals surface area contributed by atoms with Gasteiger partial charge in [0.15, 0.2) is 0 Å². The molecule has 1 aromatic carbocycles. The monoisotopic (exact) mass is 466 g/mol. The van der Waals surface area contributed by atoms with Crippen LogP contribution < -0.4 is 4.74 Å². The average Bonchev–Trinajstić information content (AvgIpc) is 3.39. The number of hydrogen-bond donors (Lipinski definition) is 0. The molecule has 0 saturated heterocycles. The summed E-state index contributed by atoms with van der Waals surface area (Å²) in [7, 11) is 0. The van der Waals surface area contributed by atoms with Crippen molar-refractivity contribution in [3.05, 3.63) is 42.1 Å². The third-order valence-electron chi connectivity index (χ3n) is 6.03. The summed E-state index contributed by atoms with van der Waals surface area (Å²) in [6, 6.07) is 2.19. The maximum Gasteiger partial charge on any atom is 0.471 e. The molecule has 2 aromatic heterocycles. The molecule has 2 aliphatic rings. The number of fused-ring (bicyclic) bond motifs is 1. The van der Waals surface area contributed by atoms with Crippen LogP contribution >= 0.6 is 0 Å². The van der Waals surface area contributed by atoms with Gasteiger partial charge in [-0.25, -0.2) is 4.39 Å². The number of ether oxygens (including phenoxy) is 1. The molecule has 9 nitrogen and oxygen atoms in total. The first-order chi connectivity index (χ1) is 15.7. The van der Waals surface area contributed by atoms with Gasteiger partial charge in [0.1, 0.15) is 30.8 Å². The number of aromatic nitrogens is 5. The fraction of sp³-hybridized carbons (Fsp3) is 0.450. The van der Waals surface area contributed by atoms with Gasteiger partial charge < -0.3 is 18.7 Å². The largest absolute Gasteiger partial charge is 0.491 e. The highest BCUT2D eigenvalue weighted by Crippen LogP contribution is 2.40. The lowest BCUT2D eigenvalue weighted by Gasteiger charge is -2.39. The minimum Gasteiger partial charge on any atom is -0.491 e. The summed E-state index contributed by atoms with van der Waals surface area (Å²) < 4.78 is 65.0. The average molecular weight is 466 g/mol. The highest BCUT2D eigenvalue weighted by molar-refractivity contribution is 5.80. The highest BCUT2D eigenvalue weighted by Gasteiger charge is 2.41. The lowest BCUT2D eigenvalue weighted by atomic mass is 9.79. The van der Waals surface area contributed by atoms with Crippen molar-refractivity contribution in [2.75, 3.05) is 6.61 Å². The summed E-state index contributed by atoms with van der Waals surface area (Å²) in [5.74, 6) is -2.84. The van der Waals surface area contributed by atoms with Crippen molar-refractivity contribution in [1.29, 1.82) is 0 Å². The Kier molecular flexibility index (Phi) is 5.05. The Hall–Kier alpha value is -3.51. The molecular weight excluding hydrogens is 448 g/mol. The fourth-order valence-electron chi connectivity index (χ4n) is 4.06. The van der Waals surface area contributed by atoms with E-state index in [4.69, 9.17) is 4.74 Å². The minimum absolute atomic E-state index is 0.0186. The van der Waals surface area contributed by atoms with E-state index in [1.165, 1.54) is 6.07 Å². The maximum absolute atomic E-state index is 15.0. The first-order valence-electron chi connectivity index (χ1n) is 10.2. The zero-order chi connectivity index (χ0) is 23.3.